The van der Waals surface area contributed by atoms with E-state index in [1.807, 2.05) is 53.1 Å². The van der Waals surface area contributed by atoms with Crippen LogP contribution in [0.3, 0.4) is 0 Å². The Morgan fingerprint density at radius 2 is 1.66 bits per heavy atom. The molecule has 1 aliphatic carbocycles. The maximum atomic E-state index is 13.5. The maximum absolute atomic E-state index is 13.5. The Balaban J connectivity index is 1.59. The summed E-state index contributed by atoms with van der Waals surface area (Å²) in [5.41, 5.74) is 5.95. The van der Waals surface area contributed by atoms with E-state index in [0.29, 0.717) is 29.8 Å². The maximum Gasteiger partial charge on any atom is 0.373 e. The molecule has 1 fully saturated rings. The molecule has 178 valence electrons. The summed E-state index contributed by atoms with van der Waals surface area (Å²) in [6.07, 6.45) is 4.23. The summed E-state index contributed by atoms with van der Waals surface area (Å²) < 4.78 is 11.2. The lowest BCUT2D eigenvalue weighted by Crippen LogP contribution is -2.31. The molecule has 1 saturated carbocycles. The zero-order valence-corrected chi connectivity index (χ0v) is 20.7. The molecule has 1 aliphatic heterocycles. The number of rotatable bonds is 7. The lowest BCUT2D eigenvalue weighted by atomic mass is 9.84. The van der Waals surface area contributed by atoms with Crippen LogP contribution in [0.5, 0.6) is 0 Å². The third kappa shape index (κ3) is 4.97. The average molecular weight is 485 g/mol. The normalized spacial score (nSPS) is 20.2. The summed E-state index contributed by atoms with van der Waals surface area (Å²) in [5.74, 6) is 0.645. The summed E-state index contributed by atoms with van der Waals surface area (Å²) in [7, 11) is 0. The number of hydrogen-bond donors (Lipinski definition) is 2. The van der Waals surface area contributed by atoms with Gasteiger partial charge in [0.2, 0.25) is 5.69 Å². The molecule has 1 heterocycles. The van der Waals surface area contributed by atoms with Gasteiger partial charge in [-0.2, -0.15) is 4.58 Å². The highest BCUT2D eigenvalue weighted by molar-refractivity contribution is 7.93. The monoisotopic (exact) mass is 484 g/mol. The Morgan fingerprint density at radius 1 is 0.971 bits per heavy atom. The first-order valence-corrected chi connectivity index (χ1v) is 13.0. The fraction of sp³-hybridized carbons (Fsp3) is 0.267. The quantitative estimate of drug-likeness (QED) is 0.163. The van der Waals surface area contributed by atoms with Crippen molar-refractivity contribution in [2.24, 2.45) is 5.92 Å². The highest BCUT2D eigenvalue weighted by Gasteiger charge is 2.39. The Hall–Kier alpha value is -3.15. The largest absolute Gasteiger partial charge is 0.459 e. The van der Waals surface area contributed by atoms with Crippen molar-refractivity contribution in [2.45, 2.75) is 50.0 Å². The third-order valence-electron chi connectivity index (χ3n) is 6.99. The fourth-order valence-electron chi connectivity index (χ4n) is 5.01. The Labute approximate surface area is 210 Å². The van der Waals surface area contributed by atoms with Crippen LogP contribution in [0, 0.1) is 5.92 Å². The van der Waals surface area contributed by atoms with Crippen LogP contribution in [-0.2, 0) is 11.2 Å². The van der Waals surface area contributed by atoms with Crippen LogP contribution >= 0.6 is 12.0 Å². The van der Waals surface area contributed by atoms with Crippen LogP contribution in [0.4, 0.5) is 5.69 Å². The second kappa shape index (κ2) is 10.2. The second-order valence-electron chi connectivity index (χ2n) is 9.46. The van der Waals surface area contributed by atoms with E-state index in [1.54, 1.807) is 12.1 Å². The zero-order valence-electron chi connectivity index (χ0n) is 19.9. The number of aliphatic hydroxyl groups is 1. The van der Waals surface area contributed by atoms with Gasteiger partial charge < -0.3 is 9.66 Å². The van der Waals surface area contributed by atoms with Crippen molar-refractivity contribution in [3.8, 4) is 0 Å². The van der Waals surface area contributed by atoms with E-state index in [1.165, 1.54) is 5.56 Å². The van der Waals surface area contributed by atoms with Crippen LogP contribution in [0.1, 0.15) is 49.3 Å². The summed E-state index contributed by atoms with van der Waals surface area (Å²) >= 11 is 0.688. The zero-order chi connectivity index (χ0) is 24.4. The van der Waals surface area contributed by atoms with Crippen LogP contribution in [-0.4, -0.2) is 32.0 Å². The van der Waals surface area contributed by atoms with Gasteiger partial charge in [0.15, 0.2) is 11.8 Å². The lowest BCUT2D eigenvalue weighted by molar-refractivity contribution is -0.489. The molecule has 3 aromatic rings. The predicted octanol–water partition coefficient (Wildman–Crippen LogP) is 7.06. The molecule has 35 heavy (non-hydrogen) atoms. The molecule has 0 spiro atoms. The van der Waals surface area contributed by atoms with Crippen molar-refractivity contribution >= 4 is 35.0 Å². The number of hydrogen-bond acceptors (Lipinski definition) is 3. The number of benzene rings is 3. The highest BCUT2D eigenvalue weighted by Crippen LogP contribution is 2.43. The molecule has 1 atom stereocenters. The van der Waals surface area contributed by atoms with Crippen molar-refractivity contribution in [3.05, 3.63) is 101 Å². The van der Waals surface area contributed by atoms with E-state index in [-0.39, 0.29) is 17.9 Å². The number of allylic oxidation sites excluding steroid dienone is 1. The SMILES string of the molecule is C[C@@H]1C/C(=C(\CCc2ccccc2)C(=O)C2CC2)c2ccccc2[N+]1=C(O)c1ccc(SO)cc1. The minimum Gasteiger partial charge on any atom is -0.459 e. The smallest absolute Gasteiger partial charge is 0.373 e. The van der Waals surface area contributed by atoms with Crippen LogP contribution in [0.2, 0.25) is 0 Å². The van der Waals surface area contributed by atoms with Gasteiger partial charge in [0.25, 0.3) is 0 Å². The second-order valence-corrected chi connectivity index (χ2v) is 10.1. The van der Waals surface area contributed by atoms with E-state index in [2.05, 4.69) is 25.1 Å². The number of ketones is 1. The van der Waals surface area contributed by atoms with Crippen molar-refractivity contribution in [2.75, 3.05) is 0 Å². The molecular weight excluding hydrogens is 454 g/mol. The minimum absolute atomic E-state index is 0.0227. The molecule has 5 rings (SSSR count). The van der Waals surface area contributed by atoms with Crippen LogP contribution in [0.25, 0.3) is 5.57 Å². The Morgan fingerprint density at radius 3 is 2.34 bits per heavy atom. The fourth-order valence-corrected chi connectivity index (χ4v) is 5.27. The van der Waals surface area contributed by atoms with Gasteiger partial charge >= 0.3 is 5.90 Å². The summed E-state index contributed by atoms with van der Waals surface area (Å²) in [6.45, 7) is 2.10. The summed E-state index contributed by atoms with van der Waals surface area (Å²) in [5, 5.41) is 11.3. The molecule has 0 unspecified atom stereocenters. The predicted molar refractivity (Wildman–Crippen MR) is 142 cm³/mol. The molecule has 0 aromatic heterocycles. The van der Waals surface area contributed by atoms with E-state index < -0.39 is 0 Å². The Kier molecular flexibility index (Phi) is 6.89. The summed E-state index contributed by atoms with van der Waals surface area (Å²) in [6, 6.07) is 25.6. The molecule has 0 radical (unpaired) electrons. The Bertz CT molecular complexity index is 1290. The number of fused-ring (bicyclic) bond motifs is 1. The molecular formula is C30H30NO3S+. The van der Waals surface area contributed by atoms with Gasteiger partial charge in [0.05, 0.1) is 11.1 Å². The number of carbonyl (C=O) groups is 1. The van der Waals surface area contributed by atoms with Crippen molar-refractivity contribution in [1.29, 1.82) is 0 Å². The first-order valence-electron chi connectivity index (χ1n) is 12.2. The number of carbonyl (C=O) groups excluding carboxylic acids is 1. The highest BCUT2D eigenvalue weighted by atomic mass is 32.2. The topological polar surface area (TPSA) is 60.5 Å². The minimum atomic E-state index is -0.0227. The van der Waals surface area contributed by atoms with Crippen molar-refractivity contribution in [3.63, 3.8) is 0 Å². The van der Waals surface area contributed by atoms with Crippen LogP contribution < -0.4 is 0 Å². The lowest BCUT2D eigenvalue weighted by Gasteiger charge is -2.25. The van der Waals surface area contributed by atoms with Gasteiger partial charge in [-0.25, -0.2) is 0 Å². The van der Waals surface area contributed by atoms with Gasteiger partial charge in [0, 0.05) is 40.9 Å². The van der Waals surface area contributed by atoms with Crippen molar-refractivity contribution in [1.82, 2.24) is 0 Å². The first-order chi connectivity index (χ1) is 17.1. The van der Waals surface area contributed by atoms with E-state index in [0.717, 1.165) is 53.0 Å². The molecule has 4 nitrogen and oxygen atoms in total. The van der Waals surface area contributed by atoms with Crippen LogP contribution in [0.15, 0.2) is 89.3 Å². The number of nitrogens with zero attached hydrogens (tertiary/aromatic N) is 1. The molecule has 2 aliphatic rings. The van der Waals surface area contributed by atoms with Crippen molar-refractivity contribution < 1.29 is 19.0 Å². The van der Waals surface area contributed by atoms with Gasteiger partial charge in [-0.15, -0.1) is 0 Å². The molecule has 2 N–H and O–H groups in total. The van der Waals surface area contributed by atoms with Gasteiger partial charge in [-0.05, 0) is 74.1 Å². The first kappa shape index (κ1) is 23.6. The molecule has 0 saturated heterocycles. The number of aryl methyl sites for hydroxylation is 1. The standard InChI is InChI=1S/C30H29NO3S/c1-20-19-27(26(29(32)22-12-13-22)18-11-21-7-3-2-4-8-21)25-9-5-6-10-28(25)31(20)30(33)23-14-16-24(35-34)17-15-23/h2-10,14-17,20,22,34H,11-13,18-19H2,1H3/p+1/b27-26-/t20-/m1/s1. The van der Waals surface area contributed by atoms with E-state index in [4.69, 9.17) is 0 Å². The molecule has 0 bridgehead atoms. The third-order valence-corrected chi connectivity index (χ3v) is 7.47. The number of para-hydroxylation sites is 1. The van der Waals surface area contributed by atoms with E-state index >= 15 is 0 Å². The average Bonchev–Trinajstić information content (AvgIpc) is 3.75. The number of Topliss-reactive ketones (excluding diaryl/α,β-unsaturated/α-hetero) is 1. The van der Waals surface area contributed by atoms with Gasteiger partial charge in [0.1, 0.15) is 0 Å². The van der Waals surface area contributed by atoms with Gasteiger partial charge in [-0.1, -0.05) is 42.5 Å². The molecule has 0 amide bonds. The summed E-state index contributed by atoms with van der Waals surface area (Å²) in [4.78, 5) is 14.2. The molecule has 5 heteroatoms. The van der Waals surface area contributed by atoms with Gasteiger partial charge in [-0.3, -0.25) is 4.79 Å². The molecule has 3 aromatic carbocycles. The number of aliphatic hydroxyl groups excluding tert-OH is 1. The van der Waals surface area contributed by atoms with E-state index in [9.17, 15) is 14.5 Å².